The summed E-state index contributed by atoms with van der Waals surface area (Å²) in [6, 6.07) is 12.0. The number of nitrogens with one attached hydrogen (secondary N) is 1. The van der Waals surface area contributed by atoms with Gasteiger partial charge in [0.15, 0.2) is 0 Å². The molecule has 1 amide bonds. The molecule has 0 fully saturated rings. The van der Waals surface area contributed by atoms with Crippen LogP contribution in [0.1, 0.15) is 13.3 Å². The van der Waals surface area contributed by atoms with Gasteiger partial charge in [0.2, 0.25) is 5.91 Å². The molecule has 0 aliphatic carbocycles. The van der Waals surface area contributed by atoms with Gasteiger partial charge in [0.05, 0.1) is 5.69 Å². The van der Waals surface area contributed by atoms with Crippen LogP contribution in [-0.2, 0) is 14.9 Å². The Morgan fingerprint density at radius 1 is 1.12 bits per heavy atom. The molecule has 3 rings (SSSR count). The molecule has 0 aliphatic heterocycles. The normalized spacial score (nSPS) is 11.1. The lowest BCUT2D eigenvalue weighted by molar-refractivity contribution is -0.115. The molecule has 10 heteroatoms. The van der Waals surface area contributed by atoms with Gasteiger partial charge in [-0.1, -0.05) is 6.92 Å². The van der Waals surface area contributed by atoms with Crippen molar-refractivity contribution < 1.29 is 17.4 Å². The molecule has 9 nitrogen and oxygen atoms in total. The number of anilines is 1. The van der Waals surface area contributed by atoms with Gasteiger partial charge < -0.3 is 9.50 Å². The lowest BCUT2D eigenvalue weighted by Gasteiger charge is -2.09. The molecule has 0 atom stereocenters. The van der Waals surface area contributed by atoms with E-state index in [1.165, 1.54) is 47.4 Å². The maximum absolute atomic E-state index is 12.4. The molecule has 0 unspecified atom stereocenters. The smallest absolute Gasteiger partial charge is 0.339 e. The Labute approximate surface area is 149 Å². The van der Waals surface area contributed by atoms with Gasteiger partial charge in [0.25, 0.3) is 0 Å². The van der Waals surface area contributed by atoms with Gasteiger partial charge in [-0.05, 0) is 59.0 Å². The molecular weight excluding hydrogens is 358 g/mol. The van der Waals surface area contributed by atoms with Crippen molar-refractivity contribution >= 4 is 21.7 Å². The number of hydrogen-bond acceptors (Lipinski definition) is 7. The van der Waals surface area contributed by atoms with Crippen LogP contribution in [0.3, 0.4) is 0 Å². The van der Waals surface area contributed by atoms with Crippen molar-refractivity contribution in [1.82, 2.24) is 20.2 Å². The average Bonchev–Trinajstić information content (AvgIpc) is 3.17. The number of nitrogens with zero attached hydrogens (tertiary/aromatic N) is 4. The molecule has 0 saturated carbocycles. The lowest BCUT2D eigenvalue weighted by Crippen LogP contribution is -2.11. The summed E-state index contributed by atoms with van der Waals surface area (Å²) in [7, 11) is -3.99. The Morgan fingerprint density at radius 2 is 1.81 bits per heavy atom. The van der Waals surface area contributed by atoms with E-state index in [1.54, 1.807) is 19.1 Å². The first-order valence-corrected chi connectivity index (χ1v) is 9.06. The van der Waals surface area contributed by atoms with E-state index in [-0.39, 0.29) is 16.6 Å². The summed E-state index contributed by atoms with van der Waals surface area (Å²) in [4.78, 5) is 11.3. The first kappa shape index (κ1) is 17.5. The number of tetrazole rings is 1. The van der Waals surface area contributed by atoms with Crippen LogP contribution >= 0.6 is 0 Å². The van der Waals surface area contributed by atoms with Crippen LogP contribution in [-0.4, -0.2) is 34.5 Å². The van der Waals surface area contributed by atoms with E-state index in [2.05, 4.69) is 20.8 Å². The lowest BCUT2D eigenvalue weighted by atomic mass is 10.3. The third-order valence-electron chi connectivity index (χ3n) is 3.40. The Morgan fingerprint density at radius 3 is 2.38 bits per heavy atom. The largest absolute Gasteiger partial charge is 0.379 e. The number of amides is 1. The Hall–Kier alpha value is -3.27. The average molecular weight is 373 g/mol. The molecule has 0 saturated heterocycles. The molecule has 0 radical (unpaired) electrons. The molecule has 2 aromatic carbocycles. The molecule has 1 aromatic heterocycles. The van der Waals surface area contributed by atoms with Gasteiger partial charge in [-0.3, -0.25) is 4.79 Å². The predicted octanol–water partition coefficient (Wildman–Crippen LogP) is 1.78. The zero-order chi connectivity index (χ0) is 18.6. The van der Waals surface area contributed by atoms with Crippen LogP contribution in [0.15, 0.2) is 59.8 Å². The second kappa shape index (κ2) is 7.31. The van der Waals surface area contributed by atoms with Crippen LogP contribution in [0.4, 0.5) is 5.69 Å². The van der Waals surface area contributed by atoms with Crippen molar-refractivity contribution in [3.63, 3.8) is 0 Å². The monoisotopic (exact) mass is 373 g/mol. The Kier molecular flexibility index (Phi) is 4.94. The predicted molar refractivity (Wildman–Crippen MR) is 92.3 cm³/mol. The first-order chi connectivity index (χ1) is 12.5. The van der Waals surface area contributed by atoms with Gasteiger partial charge in [-0.2, -0.15) is 8.42 Å². The van der Waals surface area contributed by atoms with E-state index in [9.17, 15) is 13.2 Å². The summed E-state index contributed by atoms with van der Waals surface area (Å²) in [5.41, 5.74) is 1.18. The molecule has 1 heterocycles. The van der Waals surface area contributed by atoms with Crippen molar-refractivity contribution in [2.75, 3.05) is 5.32 Å². The molecule has 1 N–H and O–H groups in total. The van der Waals surface area contributed by atoms with E-state index in [4.69, 9.17) is 4.18 Å². The van der Waals surface area contributed by atoms with E-state index >= 15 is 0 Å². The number of rotatable bonds is 6. The molecule has 134 valence electrons. The summed E-state index contributed by atoms with van der Waals surface area (Å²) in [6.45, 7) is 1.73. The van der Waals surface area contributed by atoms with Crippen LogP contribution in [0.2, 0.25) is 0 Å². The standard InChI is InChI=1S/C16H15N5O4S/c1-2-16(22)18-12-3-9-15(10-4-12)26(23,24)25-14-7-5-13(6-8-14)21-11-17-19-20-21/h3-11H,2H2,1H3,(H,18,22). The fourth-order valence-electron chi connectivity index (χ4n) is 2.06. The highest BCUT2D eigenvalue weighted by Crippen LogP contribution is 2.21. The fourth-order valence-corrected chi connectivity index (χ4v) is 2.99. The SMILES string of the molecule is CCC(=O)Nc1ccc(S(=O)(=O)Oc2ccc(-n3cnnn3)cc2)cc1. The summed E-state index contributed by atoms with van der Waals surface area (Å²) < 4.78 is 31.3. The maximum Gasteiger partial charge on any atom is 0.339 e. The van der Waals surface area contributed by atoms with Crippen LogP contribution < -0.4 is 9.50 Å². The number of carbonyl (C=O) groups is 1. The minimum absolute atomic E-state index is 0.0171. The van der Waals surface area contributed by atoms with Crippen molar-refractivity contribution in [3.05, 3.63) is 54.9 Å². The third-order valence-corrected chi connectivity index (χ3v) is 4.67. The summed E-state index contributed by atoms with van der Waals surface area (Å²) in [6.07, 6.45) is 1.76. The van der Waals surface area contributed by atoms with Crippen LogP contribution in [0.5, 0.6) is 5.75 Å². The molecule has 26 heavy (non-hydrogen) atoms. The first-order valence-electron chi connectivity index (χ1n) is 7.66. The van der Waals surface area contributed by atoms with Gasteiger partial charge in [0, 0.05) is 12.1 Å². The summed E-state index contributed by atoms with van der Waals surface area (Å²) in [5, 5.41) is 13.4. The zero-order valence-corrected chi connectivity index (χ0v) is 14.5. The molecule has 3 aromatic rings. The number of hydrogen-bond donors (Lipinski definition) is 1. The van der Waals surface area contributed by atoms with Gasteiger partial charge >= 0.3 is 10.1 Å². The molecule has 0 spiro atoms. The Balaban J connectivity index is 1.73. The maximum atomic E-state index is 12.4. The molecular formula is C16H15N5O4S. The minimum Gasteiger partial charge on any atom is -0.379 e. The van der Waals surface area contributed by atoms with E-state index in [0.717, 1.165) is 0 Å². The quantitative estimate of drug-likeness (QED) is 0.655. The number of aromatic nitrogens is 4. The highest BCUT2D eigenvalue weighted by atomic mass is 32.2. The topological polar surface area (TPSA) is 116 Å². The van der Waals surface area contributed by atoms with Crippen LogP contribution in [0, 0.1) is 0 Å². The summed E-state index contributed by atoms with van der Waals surface area (Å²) in [5.74, 6) is 0.00437. The summed E-state index contributed by atoms with van der Waals surface area (Å²) >= 11 is 0. The van der Waals surface area contributed by atoms with Gasteiger partial charge in [0.1, 0.15) is 17.0 Å². The van der Waals surface area contributed by atoms with Gasteiger partial charge in [-0.25, -0.2) is 4.68 Å². The zero-order valence-electron chi connectivity index (χ0n) is 13.7. The number of benzene rings is 2. The van der Waals surface area contributed by atoms with E-state index < -0.39 is 10.1 Å². The number of carbonyl (C=O) groups excluding carboxylic acids is 1. The third kappa shape index (κ3) is 4.03. The van der Waals surface area contributed by atoms with Crippen molar-refractivity contribution in [2.24, 2.45) is 0 Å². The Bertz CT molecular complexity index is 984. The van der Waals surface area contributed by atoms with Crippen molar-refractivity contribution in [3.8, 4) is 11.4 Å². The highest BCUT2D eigenvalue weighted by Gasteiger charge is 2.17. The van der Waals surface area contributed by atoms with Gasteiger partial charge in [-0.15, -0.1) is 5.10 Å². The minimum atomic E-state index is -3.99. The highest BCUT2D eigenvalue weighted by molar-refractivity contribution is 7.87. The fraction of sp³-hybridized carbons (Fsp3) is 0.125. The van der Waals surface area contributed by atoms with Crippen LogP contribution in [0.25, 0.3) is 5.69 Å². The second-order valence-corrected chi connectivity index (χ2v) is 6.76. The second-order valence-electron chi connectivity index (χ2n) is 5.21. The van der Waals surface area contributed by atoms with Crippen molar-refractivity contribution in [1.29, 1.82) is 0 Å². The molecule has 0 bridgehead atoms. The van der Waals surface area contributed by atoms with Crippen molar-refractivity contribution in [2.45, 2.75) is 18.2 Å². The van der Waals surface area contributed by atoms with E-state index in [1.807, 2.05) is 0 Å². The molecule has 0 aliphatic rings. The van der Waals surface area contributed by atoms with E-state index in [0.29, 0.717) is 17.8 Å².